The smallest absolute Gasteiger partial charge is 0.435 e. The Morgan fingerprint density at radius 1 is 0.943 bits per heavy atom. The van der Waals surface area contributed by atoms with E-state index in [0.29, 0.717) is 22.9 Å². The summed E-state index contributed by atoms with van der Waals surface area (Å²) in [6.45, 7) is 0.323. The molecule has 1 aliphatic rings. The third-order valence-corrected chi connectivity index (χ3v) is 5.92. The monoisotopic (exact) mass is 501 g/mol. The topological polar surface area (TPSA) is 102 Å². The fraction of sp³-hybridized carbons (Fsp3) is 0.0833. The van der Waals surface area contributed by atoms with Gasteiger partial charge < -0.3 is 4.74 Å². The minimum absolute atomic E-state index is 0.0443. The Kier molecular flexibility index (Phi) is 6.46. The standard InChI is InChI=1S/C24H18F3N3O4S/c25-24(26,27)22-21(23(31)30(29-22)18-8-12-20(13-9-18)35(28,32)33)14-16-6-10-19(11-7-16)34-15-17-4-2-1-3-5-17/h1-14H,15H2,(H2,28,32,33). The summed E-state index contributed by atoms with van der Waals surface area (Å²) in [4.78, 5) is 12.6. The zero-order chi connectivity index (χ0) is 25.2. The predicted octanol–water partition coefficient (Wildman–Crippen LogP) is 4.26. The highest BCUT2D eigenvalue weighted by Gasteiger charge is 2.46. The van der Waals surface area contributed by atoms with Crippen molar-refractivity contribution in [3.05, 3.63) is 95.6 Å². The Morgan fingerprint density at radius 2 is 1.57 bits per heavy atom. The molecule has 0 unspecified atom stereocenters. The van der Waals surface area contributed by atoms with Crippen LogP contribution < -0.4 is 14.9 Å². The number of carbonyl (C=O) groups is 1. The van der Waals surface area contributed by atoms with Crippen LogP contribution in [0.25, 0.3) is 6.08 Å². The van der Waals surface area contributed by atoms with Crippen molar-refractivity contribution in [1.82, 2.24) is 0 Å². The summed E-state index contributed by atoms with van der Waals surface area (Å²) >= 11 is 0. The molecule has 2 N–H and O–H groups in total. The first kappa shape index (κ1) is 24.2. The first-order valence-corrected chi connectivity index (χ1v) is 11.7. The number of hydrogen-bond acceptors (Lipinski definition) is 5. The number of alkyl halides is 3. The molecule has 4 rings (SSSR count). The van der Waals surface area contributed by atoms with Crippen molar-refractivity contribution in [2.45, 2.75) is 17.7 Å². The van der Waals surface area contributed by atoms with Gasteiger partial charge in [0.15, 0.2) is 5.71 Å². The lowest BCUT2D eigenvalue weighted by Crippen LogP contribution is -2.25. The molecule has 0 aliphatic carbocycles. The van der Waals surface area contributed by atoms with Crippen LogP contribution in [0.2, 0.25) is 0 Å². The summed E-state index contributed by atoms with van der Waals surface area (Å²) in [6, 6.07) is 20.1. The molecule has 0 saturated heterocycles. The molecule has 11 heteroatoms. The second-order valence-corrected chi connectivity index (χ2v) is 9.06. The molecule has 180 valence electrons. The van der Waals surface area contributed by atoms with E-state index in [2.05, 4.69) is 5.10 Å². The normalized spacial score (nSPS) is 15.4. The van der Waals surface area contributed by atoms with E-state index in [4.69, 9.17) is 9.88 Å². The number of ether oxygens (including phenoxy) is 1. The molecule has 1 amide bonds. The van der Waals surface area contributed by atoms with Crippen LogP contribution in [0.5, 0.6) is 5.75 Å². The summed E-state index contributed by atoms with van der Waals surface area (Å²) in [5.41, 5.74) is -0.757. The number of halogens is 3. The van der Waals surface area contributed by atoms with Crippen molar-refractivity contribution in [3.63, 3.8) is 0 Å². The Hall–Kier alpha value is -3.96. The maximum absolute atomic E-state index is 13.7. The van der Waals surface area contributed by atoms with Crippen LogP contribution in [-0.2, 0) is 21.4 Å². The summed E-state index contributed by atoms with van der Waals surface area (Å²) in [5, 5.41) is 9.06. The number of anilines is 1. The second-order valence-electron chi connectivity index (χ2n) is 7.50. The van der Waals surface area contributed by atoms with Crippen LogP contribution in [0.4, 0.5) is 18.9 Å². The van der Waals surface area contributed by atoms with Crippen molar-refractivity contribution >= 4 is 33.4 Å². The minimum atomic E-state index is -4.89. The number of amides is 1. The summed E-state index contributed by atoms with van der Waals surface area (Å²) < 4.78 is 69.5. The molecule has 0 aromatic heterocycles. The van der Waals surface area contributed by atoms with E-state index >= 15 is 0 Å². The average Bonchev–Trinajstić information content (AvgIpc) is 3.15. The molecule has 0 bridgehead atoms. The van der Waals surface area contributed by atoms with Crippen molar-refractivity contribution in [2.24, 2.45) is 10.2 Å². The van der Waals surface area contributed by atoms with Gasteiger partial charge in [-0.25, -0.2) is 13.6 Å². The van der Waals surface area contributed by atoms with Gasteiger partial charge in [0.1, 0.15) is 12.4 Å². The number of primary sulfonamides is 1. The molecule has 0 radical (unpaired) electrons. The van der Waals surface area contributed by atoms with Crippen molar-refractivity contribution in [1.29, 1.82) is 0 Å². The van der Waals surface area contributed by atoms with E-state index in [-0.39, 0.29) is 10.6 Å². The Bertz CT molecular complexity index is 1400. The van der Waals surface area contributed by atoms with Gasteiger partial charge in [0.25, 0.3) is 5.91 Å². The minimum Gasteiger partial charge on any atom is -0.489 e. The molecular formula is C24H18F3N3O4S. The van der Waals surface area contributed by atoms with E-state index < -0.39 is 33.4 Å². The lowest BCUT2D eigenvalue weighted by atomic mass is 10.1. The van der Waals surface area contributed by atoms with Gasteiger partial charge in [-0.05, 0) is 53.6 Å². The Morgan fingerprint density at radius 3 is 2.14 bits per heavy atom. The highest BCUT2D eigenvalue weighted by molar-refractivity contribution is 7.89. The highest BCUT2D eigenvalue weighted by atomic mass is 32.2. The van der Waals surface area contributed by atoms with E-state index in [1.165, 1.54) is 12.1 Å². The quantitative estimate of drug-likeness (QED) is 0.510. The van der Waals surface area contributed by atoms with Crippen LogP contribution in [-0.4, -0.2) is 26.2 Å². The summed E-state index contributed by atoms with van der Waals surface area (Å²) in [7, 11) is -4.01. The Balaban J connectivity index is 1.58. The van der Waals surface area contributed by atoms with Crippen LogP contribution in [0, 0.1) is 0 Å². The lowest BCUT2D eigenvalue weighted by molar-refractivity contribution is -0.114. The largest absolute Gasteiger partial charge is 0.489 e. The number of hydrazone groups is 1. The second kappa shape index (κ2) is 9.35. The third-order valence-electron chi connectivity index (χ3n) is 5.00. The van der Waals surface area contributed by atoms with Gasteiger partial charge in [0, 0.05) is 0 Å². The number of hydrogen-bond donors (Lipinski definition) is 1. The van der Waals surface area contributed by atoms with Crippen LogP contribution >= 0.6 is 0 Å². The maximum atomic E-state index is 13.7. The van der Waals surface area contributed by atoms with Crippen LogP contribution in [0.3, 0.4) is 0 Å². The zero-order valence-corrected chi connectivity index (χ0v) is 18.8. The Labute approximate surface area is 199 Å². The molecule has 3 aromatic rings. The molecule has 0 saturated carbocycles. The number of carbonyl (C=O) groups excluding carboxylic acids is 1. The summed E-state index contributed by atoms with van der Waals surface area (Å²) in [6.07, 6.45) is -3.80. The van der Waals surface area contributed by atoms with Crippen molar-refractivity contribution in [3.8, 4) is 5.75 Å². The fourth-order valence-corrected chi connectivity index (χ4v) is 3.79. The first-order chi connectivity index (χ1) is 16.5. The average molecular weight is 501 g/mol. The maximum Gasteiger partial charge on any atom is 0.435 e. The molecule has 1 heterocycles. The van der Waals surface area contributed by atoms with E-state index in [0.717, 1.165) is 35.9 Å². The SMILES string of the molecule is NS(=O)(=O)c1ccc(N2N=C(C(F)(F)F)C(=Cc3ccc(OCc4ccccc4)cc3)C2=O)cc1. The van der Waals surface area contributed by atoms with Crippen LogP contribution in [0.15, 0.2) is 94.4 Å². The van der Waals surface area contributed by atoms with Crippen molar-refractivity contribution < 1.29 is 31.1 Å². The molecule has 0 atom stereocenters. The number of benzene rings is 3. The van der Waals surface area contributed by atoms with Gasteiger partial charge >= 0.3 is 6.18 Å². The number of rotatable bonds is 6. The molecule has 0 spiro atoms. The molecule has 1 aliphatic heterocycles. The number of sulfonamides is 1. The fourth-order valence-electron chi connectivity index (χ4n) is 3.27. The van der Waals surface area contributed by atoms with Gasteiger partial charge in [0.2, 0.25) is 10.0 Å². The third kappa shape index (κ3) is 5.58. The van der Waals surface area contributed by atoms with E-state index in [1.54, 1.807) is 12.1 Å². The predicted molar refractivity (Wildman–Crippen MR) is 124 cm³/mol. The summed E-state index contributed by atoms with van der Waals surface area (Å²) in [5.74, 6) is -0.500. The van der Waals surface area contributed by atoms with Gasteiger partial charge in [-0.2, -0.15) is 23.3 Å². The molecular weight excluding hydrogens is 483 g/mol. The number of nitrogens with zero attached hydrogens (tertiary/aromatic N) is 2. The van der Waals surface area contributed by atoms with E-state index in [1.807, 2.05) is 30.3 Å². The van der Waals surface area contributed by atoms with Gasteiger partial charge in [-0.3, -0.25) is 4.79 Å². The molecule has 7 nitrogen and oxygen atoms in total. The van der Waals surface area contributed by atoms with Crippen LogP contribution in [0.1, 0.15) is 11.1 Å². The van der Waals surface area contributed by atoms with Crippen molar-refractivity contribution in [2.75, 3.05) is 5.01 Å². The molecule has 0 fully saturated rings. The van der Waals surface area contributed by atoms with Gasteiger partial charge in [-0.15, -0.1) is 0 Å². The molecule has 3 aromatic carbocycles. The van der Waals surface area contributed by atoms with Gasteiger partial charge in [-0.1, -0.05) is 42.5 Å². The zero-order valence-electron chi connectivity index (χ0n) is 17.9. The highest BCUT2D eigenvalue weighted by Crippen LogP contribution is 2.33. The molecule has 35 heavy (non-hydrogen) atoms. The number of nitrogens with two attached hydrogens (primary N) is 1. The first-order valence-electron chi connectivity index (χ1n) is 10.1. The lowest BCUT2D eigenvalue weighted by Gasteiger charge is -2.12. The van der Waals surface area contributed by atoms with Gasteiger partial charge in [0.05, 0.1) is 16.2 Å². The van der Waals surface area contributed by atoms with E-state index in [9.17, 15) is 26.4 Å².